The van der Waals surface area contributed by atoms with Crippen LogP contribution in [0.3, 0.4) is 0 Å². The summed E-state index contributed by atoms with van der Waals surface area (Å²) in [5, 5.41) is 0. The first-order valence-corrected chi connectivity index (χ1v) is 15.3. The van der Waals surface area contributed by atoms with Crippen LogP contribution in [0.2, 0.25) is 0 Å². The molecule has 2 unspecified atom stereocenters. The molecule has 4 aromatic carbocycles. The second kappa shape index (κ2) is 16.8. The van der Waals surface area contributed by atoms with Gasteiger partial charge in [-0.05, 0) is 40.7 Å². The molecule has 4 aromatic rings. The zero-order valence-electron chi connectivity index (χ0n) is 25.2. The van der Waals surface area contributed by atoms with Gasteiger partial charge in [-0.3, -0.25) is 4.79 Å². The highest BCUT2D eigenvalue weighted by Gasteiger charge is 2.35. The lowest BCUT2D eigenvalue weighted by Crippen LogP contribution is -2.43. The van der Waals surface area contributed by atoms with Crippen LogP contribution in [-0.2, 0) is 40.3 Å². The van der Waals surface area contributed by atoms with Gasteiger partial charge in [0.25, 0.3) is 0 Å². The van der Waals surface area contributed by atoms with Crippen LogP contribution in [0.15, 0.2) is 109 Å². The fraction of sp³-hybridized carbons (Fsp3) is 0.342. The van der Waals surface area contributed by atoms with Crippen molar-refractivity contribution >= 4 is 5.78 Å². The summed E-state index contributed by atoms with van der Waals surface area (Å²) in [6, 6.07) is 36.8. The summed E-state index contributed by atoms with van der Waals surface area (Å²) in [7, 11) is 0. The maximum Gasteiger partial charge on any atom is 0.191 e. The fourth-order valence-corrected chi connectivity index (χ4v) is 5.26. The van der Waals surface area contributed by atoms with Gasteiger partial charge in [-0.15, -0.1) is 0 Å². The van der Waals surface area contributed by atoms with Crippen molar-refractivity contribution in [3.63, 3.8) is 0 Å². The van der Waals surface area contributed by atoms with Crippen molar-refractivity contribution in [1.29, 1.82) is 0 Å². The van der Waals surface area contributed by atoms with Crippen molar-refractivity contribution in [2.45, 2.75) is 78.0 Å². The first kappa shape index (κ1) is 31.4. The molecule has 4 heteroatoms. The van der Waals surface area contributed by atoms with Crippen molar-refractivity contribution in [3.05, 3.63) is 143 Å². The minimum absolute atomic E-state index is 0.0156. The lowest BCUT2D eigenvalue weighted by atomic mass is 9.91. The summed E-state index contributed by atoms with van der Waals surface area (Å²) >= 11 is 0. The van der Waals surface area contributed by atoms with E-state index in [1.54, 1.807) is 0 Å². The molecule has 1 fully saturated rings. The molecule has 5 rings (SSSR count). The van der Waals surface area contributed by atoms with Gasteiger partial charge in [-0.25, -0.2) is 0 Å². The Morgan fingerprint density at radius 2 is 1.31 bits per heavy atom. The van der Waals surface area contributed by atoms with Crippen LogP contribution >= 0.6 is 0 Å². The van der Waals surface area contributed by atoms with Crippen molar-refractivity contribution in [3.8, 4) is 0 Å². The van der Waals surface area contributed by atoms with Gasteiger partial charge >= 0.3 is 0 Å². The predicted molar refractivity (Wildman–Crippen MR) is 170 cm³/mol. The smallest absolute Gasteiger partial charge is 0.191 e. The Kier molecular flexibility index (Phi) is 12.5. The highest BCUT2D eigenvalue weighted by Crippen LogP contribution is 2.28. The second-order valence-electron chi connectivity index (χ2n) is 10.5. The molecule has 220 valence electrons. The van der Waals surface area contributed by atoms with E-state index in [0.29, 0.717) is 39.1 Å². The van der Waals surface area contributed by atoms with E-state index in [1.807, 2.05) is 86.6 Å². The van der Waals surface area contributed by atoms with Crippen LogP contribution in [0.25, 0.3) is 0 Å². The molecule has 0 saturated carbocycles. The van der Waals surface area contributed by atoms with Crippen molar-refractivity contribution in [2.24, 2.45) is 0 Å². The number of aryl methyl sites for hydroxylation is 1. The quantitative estimate of drug-likeness (QED) is 0.162. The topological polar surface area (TPSA) is 44.8 Å². The standard InChI is InChI=1S/C36H38O4.C2H6/c1-2-27-17-19-28(20-18-27)21-31-15-9-10-16-34(31)36(37)35-23-32(39-25-30-13-7-4-8-14-30)22-33(40-35)26-38-24-29-11-5-3-6-12-29;1-2/h3-20,32-33,35H,2,21-26H2,1H3;1-2H3/t32?,33?,35-;/m1./s1. The Hall–Kier alpha value is -3.57. The van der Waals surface area contributed by atoms with E-state index in [2.05, 4.69) is 43.3 Å². The molecule has 0 N–H and O–H groups in total. The molecular weight excluding hydrogens is 520 g/mol. The number of carbonyl (C=O) groups is 1. The summed E-state index contributed by atoms with van der Waals surface area (Å²) < 4.78 is 18.8. The molecule has 0 spiro atoms. The van der Waals surface area contributed by atoms with E-state index in [-0.39, 0.29) is 18.0 Å². The fourth-order valence-electron chi connectivity index (χ4n) is 5.26. The zero-order valence-corrected chi connectivity index (χ0v) is 25.2. The third kappa shape index (κ3) is 9.22. The van der Waals surface area contributed by atoms with Crippen LogP contribution in [0.4, 0.5) is 0 Å². The molecule has 1 aliphatic rings. The minimum atomic E-state index is -0.580. The molecule has 0 aromatic heterocycles. The van der Waals surface area contributed by atoms with Gasteiger partial charge in [0.05, 0.1) is 32.0 Å². The molecule has 1 saturated heterocycles. The summed E-state index contributed by atoms with van der Waals surface area (Å²) in [5.74, 6) is 0.0156. The molecule has 4 nitrogen and oxygen atoms in total. The molecule has 0 bridgehead atoms. The molecule has 0 radical (unpaired) electrons. The normalized spacial score (nSPS) is 18.1. The summed E-state index contributed by atoms with van der Waals surface area (Å²) in [4.78, 5) is 14.0. The Morgan fingerprint density at radius 1 is 0.714 bits per heavy atom. The average molecular weight is 565 g/mol. The molecular formula is C38H44O4. The number of carbonyl (C=O) groups excluding carboxylic acids is 1. The van der Waals surface area contributed by atoms with Crippen molar-refractivity contribution in [2.75, 3.05) is 6.61 Å². The van der Waals surface area contributed by atoms with Crippen LogP contribution in [0.1, 0.15) is 71.8 Å². The Morgan fingerprint density at radius 3 is 1.98 bits per heavy atom. The minimum Gasteiger partial charge on any atom is -0.374 e. The van der Waals surface area contributed by atoms with Gasteiger partial charge in [-0.2, -0.15) is 0 Å². The molecule has 3 atom stereocenters. The number of Topliss-reactive ketones (excluding diaryl/α,β-unsaturated/α-hetero) is 1. The first-order valence-electron chi connectivity index (χ1n) is 15.3. The van der Waals surface area contributed by atoms with E-state index < -0.39 is 6.10 Å². The Balaban J connectivity index is 0.00000198. The molecule has 1 heterocycles. The molecule has 0 amide bonds. The lowest BCUT2D eigenvalue weighted by Gasteiger charge is -2.35. The highest BCUT2D eigenvalue weighted by atomic mass is 16.5. The monoisotopic (exact) mass is 564 g/mol. The van der Waals surface area contributed by atoms with E-state index in [4.69, 9.17) is 14.2 Å². The van der Waals surface area contributed by atoms with Crippen LogP contribution in [-0.4, -0.2) is 30.7 Å². The van der Waals surface area contributed by atoms with Crippen LogP contribution in [0.5, 0.6) is 0 Å². The van der Waals surface area contributed by atoms with E-state index in [1.165, 1.54) is 11.1 Å². The third-order valence-corrected chi connectivity index (χ3v) is 7.50. The molecule has 0 aliphatic carbocycles. The Bertz CT molecular complexity index is 1330. The summed E-state index contributed by atoms with van der Waals surface area (Å²) in [6.07, 6.45) is 2.04. The number of benzene rings is 4. The van der Waals surface area contributed by atoms with Crippen molar-refractivity contribution in [1.82, 2.24) is 0 Å². The van der Waals surface area contributed by atoms with Crippen LogP contribution in [0, 0.1) is 0 Å². The SMILES string of the molecule is CC.CCc1ccc(Cc2ccccc2C(=O)[C@H]2CC(OCc3ccccc3)CC(COCc3ccccc3)O2)cc1. The van der Waals surface area contributed by atoms with Gasteiger partial charge in [0.2, 0.25) is 0 Å². The van der Waals surface area contributed by atoms with Gasteiger partial charge in [0, 0.05) is 18.4 Å². The third-order valence-electron chi connectivity index (χ3n) is 7.50. The van der Waals surface area contributed by atoms with Gasteiger partial charge in [0.1, 0.15) is 6.10 Å². The molecule has 1 aliphatic heterocycles. The van der Waals surface area contributed by atoms with Gasteiger partial charge < -0.3 is 14.2 Å². The van der Waals surface area contributed by atoms with Gasteiger partial charge in [-0.1, -0.05) is 130 Å². The maximum absolute atomic E-state index is 14.0. The predicted octanol–water partition coefficient (Wildman–Crippen LogP) is 8.40. The average Bonchev–Trinajstić information content (AvgIpc) is 3.06. The summed E-state index contributed by atoms with van der Waals surface area (Å²) in [6.45, 7) is 7.59. The zero-order chi connectivity index (χ0) is 29.6. The van der Waals surface area contributed by atoms with E-state index in [0.717, 1.165) is 28.7 Å². The van der Waals surface area contributed by atoms with Gasteiger partial charge in [0.15, 0.2) is 5.78 Å². The first-order chi connectivity index (χ1) is 20.7. The van der Waals surface area contributed by atoms with E-state index in [9.17, 15) is 4.79 Å². The second-order valence-corrected chi connectivity index (χ2v) is 10.5. The number of hydrogen-bond donors (Lipinski definition) is 0. The van der Waals surface area contributed by atoms with Crippen molar-refractivity contribution < 1.29 is 19.0 Å². The summed E-state index contributed by atoms with van der Waals surface area (Å²) in [5.41, 5.74) is 6.48. The number of ketones is 1. The Labute approximate surface area is 251 Å². The number of ether oxygens (including phenoxy) is 3. The maximum atomic E-state index is 14.0. The number of rotatable bonds is 12. The van der Waals surface area contributed by atoms with E-state index >= 15 is 0 Å². The number of hydrogen-bond acceptors (Lipinski definition) is 4. The van der Waals surface area contributed by atoms with Crippen LogP contribution < -0.4 is 0 Å². The highest BCUT2D eigenvalue weighted by molar-refractivity contribution is 6.01. The molecule has 42 heavy (non-hydrogen) atoms. The largest absolute Gasteiger partial charge is 0.374 e. The lowest BCUT2D eigenvalue weighted by molar-refractivity contribution is -0.127.